The summed E-state index contributed by atoms with van der Waals surface area (Å²) in [5.74, 6) is 0.177. The Morgan fingerprint density at radius 2 is 1.62 bits per heavy atom. The van der Waals surface area contributed by atoms with Gasteiger partial charge in [0.05, 0.1) is 5.56 Å². The van der Waals surface area contributed by atoms with Crippen LogP contribution in [0.3, 0.4) is 0 Å². The van der Waals surface area contributed by atoms with Gasteiger partial charge >= 0.3 is 5.97 Å². The third kappa shape index (κ3) is 2.67. The van der Waals surface area contributed by atoms with Gasteiger partial charge in [-0.25, -0.2) is 4.79 Å². The van der Waals surface area contributed by atoms with Crippen LogP contribution in [0.15, 0.2) is 18.2 Å². The molecular weight excluding hydrogens is 204 g/mol. The first-order valence-corrected chi connectivity index (χ1v) is 5.01. The first-order valence-electron chi connectivity index (χ1n) is 3.75. The number of hydrogen-bond acceptors (Lipinski definition) is 3. The lowest BCUT2D eigenvalue weighted by Crippen LogP contribution is -1.98. The lowest BCUT2D eigenvalue weighted by Gasteiger charge is -2.03. The molecule has 0 unspecified atom stereocenters. The normalized spacial score (nSPS) is 10.0. The van der Waals surface area contributed by atoms with E-state index in [1.165, 1.54) is 0 Å². The topological polar surface area (TPSA) is 37.3 Å². The van der Waals surface area contributed by atoms with Crippen LogP contribution in [-0.2, 0) is 11.5 Å². The largest absolute Gasteiger partial charge is 0.478 e. The number of carboxylic acid groups (broad SMARTS) is 1. The Bertz CT molecular complexity index is 301. The molecule has 0 saturated heterocycles. The third-order valence-corrected chi connectivity index (χ3v) is 2.39. The molecule has 13 heavy (non-hydrogen) atoms. The molecule has 0 fully saturated rings. The van der Waals surface area contributed by atoms with Gasteiger partial charge in [0.25, 0.3) is 0 Å². The average Bonchev–Trinajstić information content (AvgIpc) is 2.16. The highest BCUT2D eigenvalue weighted by molar-refractivity contribution is 7.79. The van der Waals surface area contributed by atoms with E-state index in [0.717, 1.165) is 11.1 Å². The van der Waals surface area contributed by atoms with Crippen molar-refractivity contribution < 1.29 is 9.90 Å². The fourth-order valence-electron chi connectivity index (χ4n) is 1.07. The van der Waals surface area contributed by atoms with E-state index in [0.29, 0.717) is 17.1 Å². The van der Waals surface area contributed by atoms with Crippen LogP contribution < -0.4 is 0 Å². The number of carbonyl (C=O) groups is 1. The molecule has 0 saturated carbocycles. The third-order valence-electron chi connectivity index (χ3n) is 1.66. The van der Waals surface area contributed by atoms with Crippen LogP contribution in [0.4, 0.5) is 0 Å². The summed E-state index contributed by atoms with van der Waals surface area (Å²) in [4.78, 5) is 10.7. The van der Waals surface area contributed by atoms with Gasteiger partial charge in [-0.05, 0) is 23.3 Å². The van der Waals surface area contributed by atoms with Crippen LogP contribution in [0, 0.1) is 0 Å². The molecule has 0 atom stereocenters. The van der Waals surface area contributed by atoms with E-state index in [2.05, 4.69) is 25.3 Å². The van der Waals surface area contributed by atoms with Gasteiger partial charge in [-0.3, -0.25) is 0 Å². The lowest BCUT2D eigenvalue weighted by atomic mass is 10.1. The van der Waals surface area contributed by atoms with Gasteiger partial charge in [-0.2, -0.15) is 25.3 Å². The zero-order valence-corrected chi connectivity index (χ0v) is 8.69. The van der Waals surface area contributed by atoms with E-state index in [1.807, 2.05) is 6.07 Å². The van der Waals surface area contributed by atoms with Crippen molar-refractivity contribution in [3.8, 4) is 0 Å². The van der Waals surface area contributed by atoms with E-state index in [4.69, 9.17) is 5.11 Å². The van der Waals surface area contributed by atoms with Gasteiger partial charge in [-0.1, -0.05) is 6.07 Å². The molecule has 1 N–H and O–H groups in total. The van der Waals surface area contributed by atoms with Gasteiger partial charge in [0.15, 0.2) is 0 Å². The number of benzene rings is 1. The van der Waals surface area contributed by atoms with Crippen molar-refractivity contribution in [2.75, 3.05) is 0 Å². The minimum Gasteiger partial charge on any atom is -0.478 e. The lowest BCUT2D eigenvalue weighted by molar-refractivity contribution is 0.0696. The van der Waals surface area contributed by atoms with Crippen molar-refractivity contribution in [3.05, 3.63) is 34.9 Å². The summed E-state index contributed by atoms with van der Waals surface area (Å²) >= 11 is 8.19. The molecule has 1 aromatic rings. The van der Waals surface area contributed by atoms with Gasteiger partial charge in [0.1, 0.15) is 0 Å². The molecule has 4 heteroatoms. The van der Waals surface area contributed by atoms with Crippen molar-refractivity contribution in [1.29, 1.82) is 0 Å². The van der Waals surface area contributed by atoms with Crippen LogP contribution in [-0.4, -0.2) is 11.1 Å². The van der Waals surface area contributed by atoms with Crippen molar-refractivity contribution >= 4 is 31.2 Å². The number of carboxylic acids is 1. The Kier molecular flexibility index (Phi) is 3.69. The maximum atomic E-state index is 10.7. The second-order valence-electron chi connectivity index (χ2n) is 2.66. The van der Waals surface area contributed by atoms with Crippen molar-refractivity contribution in [3.63, 3.8) is 0 Å². The molecule has 0 aliphatic rings. The smallest absolute Gasteiger partial charge is 0.335 e. The van der Waals surface area contributed by atoms with E-state index < -0.39 is 5.97 Å². The molecule has 0 radical (unpaired) electrons. The zero-order valence-electron chi connectivity index (χ0n) is 6.90. The van der Waals surface area contributed by atoms with E-state index in [9.17, 15) is 4.79 Å². The number of aromatic carboxylic acids is 1. The Hall–Kier alpha value is -0.610. The summed E-state index contributed by atoms with van der Waals surface area (Å²) in [5, 5.41) is 8.77. The number of thiol groups is 2. The Balaban J connectivity index is 3.14. The molecule has 0 bridgehead atoms. The first kappa shape index (κ1) is 10.5. The highest BCUT2D eigenvalue weighted by atomic mass is 32.1. The van der Waals surface area contributed by atoms with Crippen LogP contribution in [0.25, 0.3) is 0 Å². The predicted molar refractivity (Wildman–Crippen MR) is 58.8 cm³/mol. The quantitative estimate of drug-likeness (QED) is 0.675. The molecule has 70 valence electrons. The minimum atomic E-state index is -0.910. The molecule has 0 aliphatic heterocycles. The summed E-state index contributed by atoms with van der Waals surface area (Å²) in [6.45, 7) is 0. The monoisotopic (exact) mass is 214 g/mol. The van der Waals surface area contributed by atoms with E-state index in [-0.39, 0.29) is 0 Å². The highest BCUT2D eigenvalue weighted by Crippen LogP contribution is 2.14. The molecule has 0 aliphatic carbocycles. The fraction of sp³-hybridized carbons (Fsp3) is 0.222. The molecule has 0 aromatic heterocycles. The standard InChI is InChI=1S/C9H10O2S2/c10-9(11)8-2-6(4-12)1-7(3-8)5-13/h1-3,12-13H,4-5H2,(H,10,11). The predicted octanol–water partition coefficient (Wildman–Crippen LogP) is 2.24. The van der Waals surface area contributed by atoms with Crippen LogP contribution in [0.1, 0.15) is 21.5 Å². The molecule has 2 nitrogen and oxygen atoms in total. The van der Waals surface area contributed by atoms with Crippen molar-refractivity contribution in [1.82, 2.24) is 0 Å². The van der Waals surface area contributed by atoms with Crippen LogP contribution in [0.2, 0.25) is 0 Å². The van der Waals surface area contributed by atoms with E-state index >= 15 is 0 Å². The van der Waals surface area contributed by atoms with Crippen LogP contribution >= 0.6 is 25.3 Å². The first-order chi connectivity index (χ1) is 6.17. The Labute approximate surface area is 87.8 Å². The summed E-state index contributed by atoms with van der Waals surface area (Å²) in [5.41, 5.74) is 2.12. The maximum Gasteiger partial charge on any atom is 0.335 e. The summed E-state index contributed by atoms with van der Waals surface area (Å²) < 4.78 is 0. The molecule has 0 amide bonds. The molecule has 0 spiro atoms. The second-order valence-corrected chi connectivity index (χ2v) is 3.29. The minimum absolute atomic E-state index is 0.301. The van der Waals surface area contributed by atoms with E-state index in [1.54, 1.807) is 12.1 Å². The summed E-state index contributed by atoms with van der Waals surface area (Å²) in [7, 11) is 0. The van der Waals surface area contributed by atoms with Gasteiger partial charge in [0.2, 0.25) is 0 Å². The number of rotatable bonds is 3. The highest BCUT2D eigenvalue weighted by Gasteiger charge is 2.05. The fourth-order valence-corrected chi connectivity index (χ4v) is 1.43. The Morgan fingerprint density at radius 3 is 1.92 bits per heavy atom. The molecule has 1 rings (SSSR count). The SMILES string of the molecule is O=C(O)c1cc(CS)cc(CS)c1. The van der Waals surface area contributed by atoms with Crippen molar-refractivity contribution in [2.24, 2.45) is 0 Å². The number of hydrogen-bond donors (Lipinski definition) is 3. The maximum absolute atomic E-state index is 10.7. The van der Waals surface area contributed by atoms with Gasteiger partial charge < -0.3 is 5.11 Å². The van der Waals surface area contributed by atoms with Gasteiger partial charge in [-0.15, -0.1) is 0 Å². The summed E-state index contributed by atoms with van der Waals surface area (Å²) in [6, 6.07) is 5.16. The van der Waals surface area contributed by atoms with Crippen LogP contribution in [0.5, 0.6) is 0 Å². The second kappa shape index (κ2) is 4.58. The Morgan fingerprint density at radius 1 is 1.15 bits per heavy atom. The molecule has 1 aromatic carbocycles. The average molecular weight is 214 g/mol. The summed E-state index contributed by atoms with van der Waals surface area (Å²) in [6.07, 6.45) is 0. The van der Waals surface area contributed by atoms with Gasteiger partial charge in [0, 0.05) is 11.5 Å². The molecule has 0 heterocycles. The zero-order chi connectivity index (χ0) is 9.84. The molecular formula is C9H10O2S2. The van der Waals surface area contributed by atoms with Crippen molar-refractivity contribution in [2.45, 2.75) is 11.5 Å².